The maximum Gasteiger partial charge on any atom is 0.407 e. The molecular formula is C20H34N2O4. The van der Waals surface area contributed by atoms with Crippen LogP contribution >= 0.6 is 0 Å². The number of alkyl carbamates (subject to hydrolysis) is 1. The minimum absolute atomic E-state index is 0.227. The van der Waals surface area contributed by atoms with Crippen molar-refractivity contribution in [2.45, 2.75) is 53.2 Å². The maximum atomic E-state index is 11.7. The number of rotatable bonds is 10. The fourth-order valence-corrected chi connectivity index (χ4v) is 2.49. The first-order valence-corrected chi connectivity index (χ1v) is 9.21. The molecule has 148 valence electrons. The summed E-state index contributed by atoms with van der Waals surface area (Å²) in [5.74, 6) is 0.836. The summed E-state index contributed by atoms with van der Waals surface area (Å²) in [6, 6.07) is 6.13. The van der Waals surface area contributed by atoms with Gasteiger partial charge in [-0.3, -0.25) is 4.90 Å². The predicted octanol–water partition coefficient (Wildman–Crippen LogP) is 3.58. The summed E-state index contributed by atoms with van der Waals surface area (Å²) in [5.41, 5.74) is 1.79. The van der Waals surface area contributed by atoms with E-state index < -0.39 is 5.60 Å². The lowest BCUT2D eigenvalue weighted by atomic mass is 10.1. The molecule has 0 aliphatic carbocycles. The fourth-order valence-electron chi connectivity index (χ4n) is 2.49. The molecule has 6 nitrogen and oxygen atoms in total. The van der Waals surface area contributed by atoms with Gasteiger partial charge < -0.3 is 19.5 Å². The molecule has 1 aromatic carbocycles. The maximum absolute atomic E-state index is 11.7. The number of amides is 1. The van der Waals surface area contributed by atoms with E-state index in [1.54, 1.807) is 7.11 Å². The molecule has 1 N–H and O–H groups in total. The third-order valence-electron chi connectivity index (χ3n) is 3.83. The van der Waals surface area contributed by atoms with Crippen molar-refractivity contribution < 1.29 is 19.0 Å². The highest BCUT2D eigenvalue weighted by atomic mass is 16.7. The predicted molar refractivity (Wildman–Crippen MR) is 104 cm³/mol. The summed E-state index contributed by atoms with van der Waals surface area (Å²) >= 11 is 0. The number of ether oxygens (including phenoxy) is 3. The molecule has 0 aromatic heterocycles. The van der Waals surface area contributed by atoms with Gasteiger partial charge in [-0.15, -0.1) is 0 Å². The molecule has 0 spiro atoms. The molecule has 0 aliphatic rings. The van der Waals surface area contributed by atoms with Crippen LogP contribution in [0.3, 0.4) is 0 Å². The monoisotopic (exact) mass is 366 g/mol. The van der Waals surface area contributed by atoms with Crippen molar-refractivity contribution in [3.8, 4) is 5.75 Å². The van der Waals surface area contributed by atoms with Crippen LogP contribution < -0.4 is 10.1 Å². The standard InChI is InChI=1S/C20H34N2O4/c1-7-22(8-2)14-17-13-16(9-10-18(17)25-15-24-6)11-12-21-19(23)26-20(3,4)5/h9-10,13H,7-8,11-12,14-15H2,1-6H3,(H,21,23). The smallest absolute Gasteiger partial charge is 0.407 e. The van der Waals surface area contributed by atoms with Gasteiger partial charge in [0.2, 0.25) is 0 Å². The van der Waals surface area contributed by atoms with Crippen LogP contribution in [0.2, 0.25) is 0 Å². The largest absolute Gasteiger partial charge is 0.467 e. The summed E-state index contributed by atoms with van der Waals surface area (Å²) in [7, 11) is 1.61. The van der Waals surface area contributed by atoms with Gasteiger partial charge in [0.05, 0.1) is 0 Å². The molecule has 0 bridgehead atoms. The molecule has 0 saturated carbocycles. The van der Waals surface area contributed by atoms with Gasteiger partial charge in [0.1, 0.15) is 11.4 Å². The zero-order chi connectivity index (χ0) is 19.6. The van der Waals surface area contributed by atoms with E-state index in [9.17, 15) is 4.79 Å². The summed E-state index contributed by atoms with van der Waals surface area (Å²) in [6.07, 6.45) is 0.343. The second-order valence-corrected chi connectivity index (χ2v) is 7.13. The van der Waals surface area contributed by atoms with Crippen molar-refractivity contribution in [2.24, 2.45) is 0 Å². The second-order valence-electron chi connectivity index (χ2n) is 7.13. The zero-order valence-corrected chi connectivity index (χ0v) is 17.1. The van der Waals surface area contributed by atoms with E-state index >= 15 is 0 Å². The lowest BCUT2D eigenvalue weighted by molar-refractivity contribution is 0.0497. The number of methoxy groups -OCH3 is 1. The number of hydrogen-bond acceptors (Lipinski definition) is 5. The highest BCUT2D eigenvalue weighted by molar-refractivity contribution is 5.67. The van der Waals surface area contributed by atoms with Crippen LogP contribution in [0.15, 0.2) is 18.2 Å². The number of carbonyl (C=O) groups is 1. The topological polar surface area (TPSA) is 60.0 Å². The second kappa shape index (κ2) is 11.0. The molecule has 0 heterocycles. The number of nitrogens with zero attached hydrogens (tertiary/aromatic N) is 1. The van der Waals surface area contributed by atoms with Crippen LogP contribution in [0.4, 0.5) is 4.79 Å². The molecule has 0 fully saturated rings. The zero-order valence-electron chi connectivity index (χ0n) is 17.1. The van der Waals surface area contributed by atoms with Crippen molar-refractivity contribution in [3.05, 3.63) is 29.3 Å². The van der Waals surface area contributed by atoms with Crippen LogP contribution in [0.5, 0.6) is 5.75 Å². The van der Waals surface area contributed by atoms with Crippen LogP contribution in [0.25, 0.3) is 0 Å². The molecular weight excluding hydrogens is 332 g/mol. The average Bonchev–Trinajstić information content (AvgIpc) is 2.57. The average molecular weight is 367 g/mol. The van der Waals surface area contributed by atoms with Gasteiger partial charge in [-0.2, -0.15) is 0 Å². The first-order chi connectivity index (χ1) is 12.3. The third kappa shape index (κ3) is 8.54. The Morgan fingerprint density at radius 2 is 1.88 bits per heavy atom. The summed E-state index contributed by atoms with van der Waals surface area (Å²) < 4.78 is 16.0. The summed E-state index contributed by atoms with van der Waals surface area (Å²) in [5, 5.41) is 2.80. The van der Waals surface area contributed by atoms with E-state index in [0.29, 0.717) is 6.54 Å². The molecule has 0 radical (unpaired) electrons. The minimum atomic E-state index is -0.485. The molecule has 1 rings (SSSR count). The number of carbonyl (C=O) groups excluding carboxylic acids is 1. The molecule has 0 saturated heterocycles. The van der Waals surface area contributed by atoms with Gasteiger partial charge in [-0.25, -0.2) is 4.79 Å². The number of nitrogens with one attached hydrogen (secondary N) is 1. The van der Waals surface area contributed by atoms with E-state index in [1.165, 1.54) is 0 Å². The normalized spacial score (nSPS) is 11.5. The highest BCUT2D eigenvalue weighted by Crippen LogP contribution is 2.22. The Balaban J connectivity index is 2.72. The quantitative estimate of drug-likeness (QED) is 0.642. The van der Waals surface area contributed by atoms with E-state index in [0.717, 1.165) is 42.9 Å². The lowest BCUT2D eigenvalue weighted by Crippen LogP contribution is -2.33. The van der Waals surface area contributed by atoms with Crippen molar-refractivity contribution >= 4 is 6.09 Å². The van der Waals surface area contributed by atoms with Crippen LogP contribution in [0.1, 0.15) is 45.7 Å². The first kappa shape index (κ1) is 22.3. The first-order valence-electron chi connectivity index (χ1n) is 9.21. The van der Waals surface area contributed by atoms with Crippen molar-refractivity contribution in [1.82, 2.24) is 10.2 Å². The Hall–Kier alpha value is -1.79. The van der Waals surface area contributed by atoms with Crippen molar-refractivity contribution in [1.29, 1.82) is 0 Å². The Labute approximate surface area is 157 Å². The van der Waals surface area contributed by atoms with E-state index in [1.807, 2.05) is 32.9 Å². The minimum Gasteiger partial charge on any atom is -0.467 e. The van der Waals surface area contributed by atoms with E-state index in [2.05, 4.69) is 30.1 Å². The molecule has 0 atom stereocenters. The van der Waals surface area contributed by atoms with Gasteiger partial charge in [0.15, 0.2) is 6.79 Å². The molecule has 1 aromatic rings. The molecule has 1 amide bonds. The molecule has 0 aliphatic heterocycles. The van der Waals surface area contributed by atoms with Crippen molar-refractivity contribution in [3.63, 3.8) is 0 Å². The lowest BCUT2D eigenvalue weighted by Gasteiger charge is -2.21. The van der Waals surface area contributed by atoms with Crippen LogP contribution in [0, 0.1) is 0 Å². The summed E-state index contributed by atoms with van der Waals surface area (Å²) in [6.45, 7) is 13.4. The fraction of sp³-hybridized carbons (Fsp3) is 0.650. The van der Waals surface area contributed by atoms with Gasteiger partial charge in [-0.1, -0.05) is 26.0 Å². The number of hydrogen-bond donors (Lipinski definition) is 1. The highest BCUT2D eigenvalue weighted by Gasteiger charge is 2.15. The Bertz CT molecular complexity index is 551. The van der Waals surface area contributed by atoms with Crippen molar-refractivity contribution in [2.75, 3.05) is 33.5 Å². The van der Waals surface area contributed by atoms with Gasteiger partial charge >= 0.3 is 6.09 Å². The summed E-state index contributed by atoms with van der Waals surface area (Å²) in [4.78, 5) is 14.1. The molecule has 6 heteroatoms. The van der Waals surface area contributed by atoms with Gasteiger partial charge in [0.25, 0.3) is 0 Å². The van der Waals surface area contributed by atoms with E-state index in [-0.39, 0.29) is 12.9 Å². The van der Waals surface area contributed by atoms with E-state index in [4.69, 9.17) is 14.2 Å². The van der Waals surface area contributed by atoms with Gasteiger partial charge in [-0.05, 0) is 51.9 Å². The molecule has 0 unspecified atom stereocenters. The van der Waals surface area contributed by atoms with Crippen LogP contribution in [-0.2, 0) is 22.4 Å². The number of benzene rings is 1. The molecule has 26 heavy (non-hydrogen) atoms. The third-order valence-corrected chi connectivity index (χ3v) is 3.83. The Morgan fingerprint density at radius 1 is 1.19 bits per heavy atom. The van der Waals surface area contributed by atoms with Gasteiger partial charge in [0, 0.05) is 25.8 Å². The SMILES string of the molecule is CCN(CC)Cc1cc(CCNC(=O)OC(C)(C)C)ccc1OCOC. The Kier molecular flexibility index (Phi) is 9.44. The van der Waals surface area contributed by atoms with Crippen LogP contribution in [-0.4, -0.2) is 50.1 Å². The Morgan fingerprint density at radius 3 is 2.46 bits per heavy atom.